The van der Waals surface area contributed by atoms with E-state index in [4.69, 9.17) is 23.2 Å². The van der Waals surface area contributed by atoms with E-state index in [1.165, 1.54) is 35.7 Å². The third-order valence-corrected chi connectivity index (χ3v) is 8.74. The fourth-order valence-electron chi connectivity index (χ4n) is 5.07. The SMILES string of the molecule is CC(C)N1Cc2cc(Nc3ncc4c(n3)SCN(c3c(Cl)cccc3Cl)C4=O)ccc2C2(CC2)C1. The first-order valence-electron chi connectivity index (χ1n) is 11.7. The number of benzene rings is 2. The second-order valence-corrected chi connectivity index (χ2v) is 11.5. The summed E-state index contributed by atoms with van der Waals surface area (Å²) >= 11 is 14.1. The van der Waals surface area contributed by atoms with Gasteiger partial charge in [-0.3, -0.25) is 14.6 Å². The summed E-state index contributed by atoms with van der Waals surface area (Å²) in [5.74, 6) is 0.640. The molecule has 0 bridgehead atoms. The molecule has 2 aromatic carbocycles. The average Bonchev–Trinajstić information content (AvgIpc) is 3.59. The summed E-state index contributed by atoms with van der Waals surface area (Å²) in [6.07, 6.45) is 4.12. The molecule has 1 N–H and O–H groups in total. The van der Waals surface area contributed by atoms with Gasteiger partial charge in [0.25, 0.3) is 5.91 Å². The van der Waals surface area contributed by atoms with Crippen LogP contribution in [0.25, 0.3) is 0 Å². The summed E-state index contributed by atoms with van der Waals surface area (Å²) in [7, 11) is 0. The maximum absolute atomic E-state index is 13.2. The standard InChI is InChI=1S/C26H25Cl2N5OS/c1-15(2)32-12-16-10-17(6-7-19(16)26(13-32)8-9-26)30-25-29-11-18-23(31-25)35-14-33(24(18)34)22-20(27)4-3-5-21(22)28/h3-7,10-11,15H,8-9,12-14H2,1-2H3,(H,29,30,31). The van der Waals surface area contributed by atoms with Crippen molar-refractivity contribution in [1.82, 2.24) is 14.9 Å². The molecule has 0 atom stereocenters. The Morgan fingerprint density at radius 1 is 1.14 bits per heavy atom. The number of thioether (sulfide) groups is 1. The Morgan fingerprint density at radius 2 is 1.91 bits per heavy atom. The van der Waals surface area contributed by atoms with Gasteiger partial charge in [0.05, 0.1) is 27.2 Å². The van der Waals surface area contributed by atoms with E-state index in [0.29, 0.717) is 49.6 Å². The predicted molar refractivity (Wildman–Crippen MR) is 142 cm³/mol. The minimum absolute atomic E-state index is 0.211. The van der Waals surface area contributed by atoms with Gasteiger partial charge in [-0.2, -0.15) is 0 Å². The molecule has 3 heterocycles. The predicted octanol–water partition coefficient (Wildman–Crippen LogP) is 6.49. The number of hydrogen-bond donors (Lipinski definition) is 1. The Kier molecular flexibility index (Phi) is 5.72. The third-order valence-electron chi connectivity index (χ3n) is 7.16. The van der Waals surface area contributed by atoms with Crippen LogP contribution < -0.4 is 10.2 Å². The highest BCUT2D eigenvalue weighted by molar-refractivity contribution is 7.99. The van der Waals surface area contributed by atoms with Crippen molar-refractivity contribution < 1.29 is 4.79 Å². The molecule has 2 aliphatic heterocycles. The summed E-state index contributed by atoms with van der Waals surface area (Å²) in [4.78, 5) is 26.4. The summed E-state index contributed by atoms with van der Waals surface area (Å²) < 4.78 is 0. The zero-order chi connectivity index (χ0) is 24.3. The number of halogens is 2. The summed E-state index contributed by atoms with van der Waals surface area (Å²) in [5, 5.41) is 4.87. The number of para-hydroxylation sites is 1. The number of carbonyl (C=O) groups excluding carboxylic acids is 1. The number of amides is 1. The van der Waals surface area contributed by atoms with Crippen molar-refractivity contribution in [1.29, 1.82) is 0 Å². The van der Waals surface area contributed by atoms with Crippen LogP contribution in [0.3, 0.4) is 0 Å². The van der Waals surface area contributed by atoms with Gasteiger partial charge < -0.3 is 5.32 Å². The molecule has 1 saturated carbocycles. The Morgan fingerprint density at radius 3 is 2.63 bits per heavy atom. The highest BCUT2D eigenvalue weighted by atomic mass is 35.5. The van der Waals surface area contributed by atoms with E-state index in [2.05, 4.69) is 52.2 Å². The fourth-order valence-corrected chi connectivity index (χ4v) is 6.61. The lowest BCUT2D eigenvalue weighted by Gasteiger charge is -2.37. The van der Waals surface area contributed by atoms with Crippen molar-refractivity contribution in [2.24, 2.45) is 0 Å². The van der Waals surface area contributed by atoms with E-state index in [1.807, 2.05) is 0 Å². The molecule has 35 heavy (non-hydrogen) atoms. The number of anilines is 3. The molecule has 1 aromatic heterocycles. The number of rotatable bonds is 4. The maximum Gasteiger partial charge on any atom is 0.263 e. The Labute approximate surface area is 219 Å². The molecule has 1 spiro atoms. The van der Waals surface area contributed by atoms with Gasteiger partial charge >= 0.3 is 0 Å². The molecule has 0 unspecified atom stereocenters. The third kappa shape index (κ3) is 4.08. The Bertz CT molecular complexity index is 1320. The first-order valence-corrected chi connectivity index (χ1v) is 13.5. The molecule has 1 aliphatic carbocycles. The number of carbonyl (C=O) groups is 1. The number of fused-ring (bicyclic) bond motifs is 3. The minimum Gasteiger partial charge on any atom is -0.324 e. The second-order valence-electron chi connectivity index (χ2n) is 9.77. The summed E-state index contributed by atoms with van der Waals surface area (Å²) in [6.45, 7) is 6.65. The Balaban J connectivity index is 1.25. The van der Waals surface area contributed by atoms with Gasteiger partial charge in [0.2, 0.25) is 5.95 Å². The van der Waals surface area contributed by atoms with E-state index in [0.717, 1.165) is 18.8 Å². The molecule has 3 aromatic rings. The lowest BCUT2D eigenvalue weighted by molar-refractivity contribution is 0.0985. The number of aromatic nitrogens is 2. The smallest absolute Gasteiger partial charge is 0.263 e. The van der Waals surface area contributed by atoms with Gasteiger partial charge in [-0.25, -0.2) is 9.97 Å². The topological polar surface area (TPSA) is 61.4 Å². The van der Waals surface area contributed by atoms with Crippen LogP contribution in [-0.2, 0) is 12.0 Å². The van der Waals surface area contributed by atoms with E-state index in [9.17, 15) is 4.79 Å². The van der Waals surface area contributed by atoms with Gasteiger partial charge in [-0.05, 0) is 62.1 Å². The fraction of sp³-hybridized carbons (Fsp3) is 0.346. The largest absolute Gasteiger partial charge is 0.324 e. The van der Waals surface area contributed by atoms with E-state index >= 15 is 0 Å². The van der Waals surface area contributed by atoms with Crippen LogP contribution in [0.1, 0.15) is 48.2 Å². The van der Waals surface area contributed by atoms with Gasteiger partial charge in [0.1, 0.15) is 5.03 Å². The second kappa shape index (κ2) is 8.66. The number of hydrogen-bond acceptors (Lipinski definition) is 6. The van der Waals surface area contributed by atoms with Crippen molar-refractivity contribution in [3.05, 3.63) is 69.3 Å². The molecule has 0 saturated heterocycles. The van der Waals surface area contributed by atoms with Crippen LogP contribution >= 0.6 is 35.0 Å². The molecule has 1 amide bonds. The Hall–Kier alpha value is -2.32. The van der Waals surface area contributed by atoms with Crippen LogP contribution in [-0.4, -0.2) is 39.2 Å². The minimum atomic E-state index is -0.211. The molecule has 3 aliphatic rings. The lowest BCUT2D eigenvalue weighted by Crippen LogP contribution is -2.41. The molecule has 0 radical (unpaired) electrons. The van der Waals surface area contributed by atoms with Crippen molar-refractivity contribution in [2.45, 2.75) is 49.7 Å². The lowest BCUT2D eigenvalue weighted by atomic mass is 9.86. The molecule has 1 fully saturated rings. The van der Waals surface area contributed by atoms with E-state index in [-0.39, 0.29) is 5.91 Å². The van der Waals surface area contributed by atoms with Crippen LogP contribution in [0.4, 0.5) is 17.3 Å². The quantitative estimate of drug-likeness (QED) is 0.392. The van der Waals surface area contributed by atoms with E-state index in [1.54, 1.807) is 29.3 Å². The van der Waals surface area contributed by atoms with Crippen LogP contribution in [0.5, 0.6) is 0 Å². The maximum atomic E-state index is 13.2. The zero-order valence-corrected chi connectivity index (χ0v) is 21.8. The highest BCUT2D eigenvalue weighted by Gasteiger charge is 2.49. The van der Waals surface area contributed by atoms with Crippen molar-refractivity contribution >= 4 is 58.2 Å². The van der Waals surface area contributed by atoms with Crippen LogP contribution in [0.15, 0.2) is 47.6 Å². The summed E-state index contributed by atoms with van der Waals surface area (Å²) in [6, 6.07) is 12.3. The first kappa shape index (κ1) is 23.1. The molecule has 6 nitrogen and oxygen atoms in total. The molecular weight excluding hydrogens is 501 g/mol. The average molecular weight is 526 g/mol. The monoisotopic (exact) mass is 525 g/mol. The first-order chi connectivity index (χ1) is 16.8. The van der Waals surface area contributed by atoms with Gasteiger partial charge in [-0.1, -0.05) is 47.1 Å². The van der Waals surface area contributed by atoms with Crippen LogP contribution in [0.2, 0.25) is 10.0 Å². The van der Waals surface area contributed by atoms with Crippen LogP contribution in [0, 0.1) is 0 Å². The van der Waals surface area contributed by atoms with Crippen molar-refractivity contribution in [3.8, 4) is 0 Å². The summed E-state index contributed by atoms with van der Waals surface area (Å²) in [5.41, 5.74) is 5.12. The molecular formula is C26H25Cl2N5OS. The number of nitrogens with one attached hydrogen (secondary N) is 1. The zero-order valence-electron chi connectivity index (χ0n) is 19.5. The molecule has 180 valence electrons. The normalized spacial score (nSPS) is 18.5. The van der Waals surface area contributed by atoms with Crippen molar-refractivity contribution in [2.75, 3.05) is 22.6 Å². The molecule has 6 rings (SSSR count). The van der Waals surface area contributed by atoms with Gasteiger partial charge in [0.15, 0.2) is 0 Å². The van der Waals surface area contributed by atoms with Gasteiger partial charge in [0, 0.05) is 36.4 Å². The highest BCUT2D eigenvalue weighted by Crippen LogP contribution is 2.53. The van der Waals surface area contributed by atoms with E-state index < -0.39 is 0 Å². The molecule has 9 heteroatoms. The van der Waals surface area contributed by atoms with Gasteiger partial charge in [-0.15, -0.1) is 0 Å². The number of nitrogens with zero attached hydrogens (tertiary/aromatic N) is 4. The van der Waals surface area contributed by atoms with Crippen molar-refractivity contribution in [3.63, 3.8) is 0 Å².